The van der Waals surface area contributed by atoms with Gasteiger partial charge in [0.2, 0.25) is 5.91 Å². The molecule has 0 radical (unpaired) electrons. The van der Waals surface area contributed by atoms with E-state index in [1.165, 1.54) is 6.92 Å². The molecule has 2 aliphatic rings. The first kappa shape index (κ1) is 24.6. The molecule has 2 saturated heterocycles. The zero-order valence-electron chi connectivity index (χ0n) is 14.3. The van der Waals surface area contributed by atoms with Gasteiger partial charge in [0.05, 0.1) is 12.9 Å². The zero-order chi connectivity index (χ0) is 22.0. The Kier molecular flexibility index (Phi) is 7.85. The molecule has 0 aromatic carbocycles. The number of amides is 1. The summed E-state index contributed by atoms with van der Waals surface area (Å²) in [6.45, 7) is 0.359. The van der Waals surface area contributed by atoms with Gasteiger partial charge in [-0.1, -0.05) is 0 Å². The molecule has 29 heavy (non-hydrogen) atoms. The third-order valence-corrected chi connectivity index (χ3v) is 8.64. The molecule has 0 saturated carbocycles. The highest BCUT2D eigenvalue weighted by Gasteiger charge is 2.55. The second-order valence-electron chi connectivity index (χ2n) is 5.40. The number of nitrogens with zero attached hydrogens (tertiary/aromatic N) is 1. The van der Waals surface area contributed by atoms with Crippen LogP contribution in [0.2, 0.25) is 0 Å². The molecule has 20 heteroatoms. The molecule has 6 atom stereocenters. The molecule has 2 aliphatic heterocycles. The molecule has 2 rings (SSSR count). The first-order valence-corrected chi connectivity index (χ1v) is 12.2. The van der Waals surface area contributed by atoms with Crippen LogP contribution in [-0.2, 0) is 40.7 Å². The lowest BCUT2D eigenvalue weighted by Gasteiger charge is -2.27. The quantitative estimate of drug-likeness (QED) is 0.114. The van der Waals surface area contributed by atoms with Gasteiger partial charge in [-0.25, -0.2) is 18.7 Å². The summed E-state index contributed by atoms with van der Waals surface area (Å²) >= 11 is 4.75. The number of aliphatic hydroxyl groups is 2. The van der Waals surface area contributed by atoms with Crippen LogP contribution < -0.4 is 10.6 Å². The summed E-state index contributed by atoms with van der Waals surface area (Å²) in [6.07, 6.45) is -4.99. The largest absolute Gasteiger partial charge is 0.492 e. The van der Waals surface area contributed by atoms with Gasteiger partial charge in [-0.2, -0.15) is 12.9 Å². The van der Waals surface area contributed by atoms with Crippen molar-refractivity contribution in [3.63, 3.8) is 0 Å². The van der Waals surface area contributed by atoms with E-state index < -0.39 is 60.5 Å². The Morgan fingerprint density at radius 3 is 2.31 bits per heavy atom. The van der Waals surface area contributed by atoms with E-state index in [9.17, 15) is 28.7 Å². The van der Waals surface area contributed by atoms with E-state index in [0.29, 0.717) is 0 Å². The molecule has 3 unspecified atom stereocenters. The van der Waals surface area contributed by atoms with Crippen molar-refractivity contribution in [1.29, 1.82) is 0 Å². The molecule has 6 N–H and O–H groups in total. The fraction of sp³-hybridized carbons (Fsp3) is 0.667. The van der Waals surface area contributed by atoms with E-state index >= 15 is 0 Å². The summed E-state index contributed by atoms with van der Waals surface area (Å²) in [7, 11) is -15.5. The Bertz CT molecular complexity index is 810. The first-order valence-electron chi connectivity index (χ1n) is 7.37. The highest BCUT2D eigenvalue weighted by molar-refractivity contribution is 7.80. The maximum Gasteiger partial charge on any atom is 0.492 e. The van der Waals surface area contributed by atoms with Gasteiger partial charge in [0.15, 0.2) is 11.3 Å². The lowest BCUT2D eigenvalue weighted by Crippen LogP contribution is -2.38. The lowest BCUT2D eigenvalue weighted by atomic mass is 10.1. The molecule has 1 amide bonds. The van der Waals surface area contributed by atoms with Crippen LogP contribution in [0.1, 0.15) is 6.92 Å². The highest BCUT2D eigenvalue weighted by Crippen LogP contribution is 2.79. The molecule has 0 aliphatic carbocycles. The minimum absolute atomic E-state index is 0.0945. The number of nitrogens with one attached hydrogen (secondary N) is 2. The number of carbonyl (C=O) groups is 1. The van der Waals surface area contributed by atoms with Crippen LogP contribution >= 0.6 is 35.7 Å². The molecule has 166 valence electrons. The van der Waals surface area contributed by atoms with E-state index in [1.807, 2.05) is 0 Å². The van der Waals surface area contributed by atoms with Gasteiger partial charge in [-0.3, -0.25) is 9.32 Å². The summed E-state index contributed by atoms with van der Waals surface area (Å²) < 4.78 is 56.4. The summed E-state index contributed by atoms with van der Waals surface area (Å²) in [6, 6.07) is 0. The van der Waals surface area contributed by atoms with E-state index in [4.69, 9.17) is 26.7 Å². The van der Waals surface area contributed by atoms with Gasteiger partial charge >= 0.3 is 23.5 Å². The van der Waals surface area contributed by atoms with Gasteiger partial charge in [0.25, 0.3) is 0 Å². The topological polar surface area (TPSA) is 232 Å². The van der Waals surface area contributed by atoms with Crippen molar-refractivity contribution in [2.45, 2.75) is 31.5 Å². The van der Waals surface area contributed by atoms with Crippen LogP contribution in [0.3, 0.4) is 0 Å². The fourth-order valence-electron chi connectivity index (χ4n) is 1.99. The van der Waals surface area contributed by atoms with E-state index in [0.717, 1.165) is 6.34 Å². The van der Waals surface area contributed by atoms with Crippen molar-refractivity contribution in [2.24, 2.45) is 4.99 Å². The second-order valence-corrected chi connectivity index (χ2v) is 10.8. The van der Waals surface area contributed by atoms with Gasteiger partial charge in [-0.05, 0) is 12.2 Å². The average Bonchev–Trinajstić information content (AvgIpc) is 2.77. The predicted molar refractivity (Wildman–Crippen MR) is 95.2 cm³/mol. The Balaban J connectivity index is 1.94. The number of aliphatic imine (C=N–C) groups is 1. The lowest BCUT2D eigenvalue weighted by molar-refractivity contribution is -0.117. The first-order chi connectivity index (χ1) is 13.2. The number of hydrogen-bond donors (Lipinski definition) is 6. The maximum absolute atomic E-state index is 12.1. The van der Waals surface area contributed by atoms with Crippen LogP contribution in [0.25, 0.3) is 0 Å². The van der Waals surface area contributed by atoms with Crippen molar-refractivity contribution in [2.75, 3.05) is 6.61 Å². The SMILES string of the molecule is CC(=O)NC(=S)N/C=N/[C@@H]1O[C@H](COP2(=O)OP(=O)(O)OP(=O)(O)O2)C(O)[C@@H]1O. The minimum atomic E-state index is -5.22. The number of aliphatic hydroxyl groups excluding tert-OH is 2. The molecular formula is C9H16N3O13P3S. The summed E-state index contributed by atoms with van der Waals surface area (Å²) in [4.78, 5) is 32.8. The van der Waals surface area contributed by atoms with Crippen LogP contribution in [0.4, 0.5) is 0 Å². The van der Waals surface area contributed by atoms with E-state index in [2.05, 4.69) is 33.1 Å². The number of thiocarbonyl (C=S) groups is 1. The fourth-order valence-corrected chi connectivity index (χ4v) is 7.13. The van der Waals surface area contributed by atoms with Crippen molar-refractivity contribution in [1.82, 2.24) is 10.6 Å². The van der Waals surface area contributed by atoms with Crippen molar-refractivity contribution < 1.29 is 60.7 Å². The average molecular weight is 499 g/mol. The monoisotopic (exact) mass is 499 g/mol. The minimum Gasteiger partial charge on any atom is -0.387 e. The maximum atomic E-state index is 12.1. The number of ether oxygens (including phenoxy) is 1. The van der Waals surface area contributed by atoms with E-state index in [-0.39, 0.29) is 5.11 Å². The van der Waals surface area contributed by atoms with Gasteiger partial charge in [-0.15, -0.1) is 0 Å². The van der Waals surface area contributed by atoms with Crippen molar-refractivity contribution in [3.05, 3.63) is 0 Å². The molecule has 0 spiro atoms. The molecule has 0 aromatic heterocycles. The number of phosphoric acid groups is 3. The van der Waals surface area contributed by atoms with Crippen molar-refractivity contribution in [3.8, 4) is 0 Å². The van der Waals surface area contributed by atoms with Crippen LogP contribution in [0, 0.1) is 0 Å². The smallest absolute Gasteiger partial charge is 0.387 e. The van der Waals surface area contributed by atoms with Crippen LogP contribution in [0.15, 0.2) is 4.99 Å². The van der Waals surface area contributed by atoms with Gasteiger partial charge < -0.3 is 35.4 Å². The Morgan fingerprint density at radius 1 is 1.17 bits per heavy atom. The van der Waals surface area contributed by atoms with Crippen LogP contribution in [0.5, 0.6) is 0 Å². The molecular weight excluding hydrogens is 483 g/mol. The number of hydrogen-bond acceptors (Lipinski definition) is 13. The third kappa shape index (κ3) is 7.22. The Labute approximate surface area is 168 Å². The molecule has 2 heterocycles. The summed E-state index contributed by atoms with van der Waals surface area (Å²) in [5.41, 5.74) is 0. The molecule has 16 nitrogen and oxygen atoms in total. The third-order valence-electron chi connectivity index (χ3n) is 3.05. The zero-order valence-corrected chi connectivity index (χ0v) is 17.8. The highest BCUT2D eigenvalue weighted by atomic mass is 32.1. The van der Waals surface area contributed by atoms with E-state index in [1.54, 1.807) is 0 Å². The number of carbonyl (C=O) groups excluding carboxylic acids is 1. The van der Waals surface area contributed by atoms with Gasteiger partial charge in [0, 0.05) is 6.92 Å². The predicted octanol–water partition coefficient (Wildman–Crippen LogP) is -1.14. The summed E-state index contributed by atoms with van der Waals surface area (Å²) in [5, 5.41) is 24.4. The van der Waals surface area contributed by atoms with Crippen LogP contribution in [-0.4, -0.2) is 68.5 Å². The van der Waals surface area contributed by atoms with Crippen molar-refractivity contribution >= 4 is 53.0 Å². The second kappa shape index (κ2) is 9.24. The molecule has 0 aromatic rings. The standard InChI is InChI=1S/C9H16N3O13P3S/c1-4(13)12-9(29)11-3-10-8-7(15)6(14)5(22-8)2-21-28(20)24-26(16,17)23-27(18,19)25-28/h3,5-8,14-15H,2H2,1H3,(H,16,17)(H,18,19)(H2,10,11,12,13,29)/t5-,6?,7+,8-/m1/s1. The normalized spacial score (nSPS) is 42.7. The molecule has 2 fully saturated rings. The molecule has 0 bridgehead atoms. The van der Waals surface area contributed by atoms with Gasteiger partial charge in [0.1, 0.15) is 18.3 Å². The Hall–Kier alpha value is -0.640. The number of rotatable bonds is 5. The summed E-state index contributed by atoms with van der Waals surface area (Å²) in [5.74, 6) is -0.437. The Morgan fingerprint density at radius 2 is 1.76 bits per heavy atom.